The van der Waals surface area contributed by atoms with Gasteiger partial charge in [0.05, 0.1) is 17.7 Å². The smallest absolute Gasteiger partial charge is 0.343 e. The molecule has 0 aromatic heterocycles. The number of guanidine groups is 1. The van der Waals surface area contributed by atoms with Crippen LogP contribution in [0.4, 0.5) is 5.69 Å². The second kappa shape index (κ2) is 13.5. The van der Waals surface area contributed by atoms with Crippen molar-refractivity contribution in [2.24, 2.45) is 16.5 Å². The first kappa shape index (κ1) is 25.4. The van der Waals surface area contributed by atoms with E-state index in [0.717, 1.165) is 25.7 Å². The van der Waals surface area contributed by atoms with Crippen molar-refractivity contribution in [1.82, 2.24) is 5.32 Å². The number of amides is 1. The van der Waals surface area contributed by atoms with Crippen LogP contribution in [0, 0.1) is 0 Å². The van der Waals surface area contributed by atoms with Crippen LogP contribution in [0.1, 0.15) is 48.5 Å². The number of nitrogens with zero attached hydrogens (tertiary/aromatic N) is 1. The number of ether oxygens (including phenoxy) is 2. The van der Waals surface area contributed by atoms with Gasteiger partial charge in [0.15, 0.2) is 12.6 Å². The summed E-state index contributed by atoms with van der Waals surface area (Å²) >= 11 is 0. The van der Waals surface area contributed by atoms with E-state index in [-0.39, 0.29) is 24.9 Å². The molecule has 0 heterocycles. The number of aliphatic imine (C=N–C) groups is 1. The van der Waals surface area contributed by atoms with Crippen LogP contribution < -0.4 is 21.5 Å². The van der Waals surface area contributed by atoms with Gasteiger partial charge in [0, 0.05) is 6.54 Å². The van der Waals surface area contributed by atoms with Crippen molar-refractivity contribution in [1.29, 1.82) is 0 Å². The summed E-state index contributed by atoms with van der Waals surface area (Å²) in [4.78, 5) is 39.8. The number of benzene rings is 2. The highest BCUT2D eigenvalue weighted by molar-refractivity contribution is 5.91. The number of nitrogens with one attached hydrogen (secondary N) is 1. The Morgan fingerprint density at radius 1 is 0.939 bits per heavy atom. The van der Waals surface area contributed by atoms with E-state index in [9.17, 15) is 14.4 Å². The van der Waals surface area contributed by atoms with Gasteiger partial charge in [-0.2, -0.15) is 0 Å². The Morgan fingerprint density at radius 3 is 2.27 bits per heavy atom. The van der Waals surface area contributed by atoms with Crippen LogP contribution in [-0.4, -0.2) is 37.0 Å². The summed E-state index contributed by atoms with van der Waals surface area (Å²) in [6.07, 6.45) is 4.24. The lowest BCUT2D eigenvalue weighted by atomic mass is 10.1. The van der Waals surface area contributed by atoms with E-state index in [1.165, 1.54) is 0 Å². The number of unbranched alkanes of at least 4 members (excludes halogenated alkanes) is 3. The van der Waals surface area contributed by atoms with Crippen LogP contribution in [0.3, 0.4) is 0 Å². The second-order valence-electron chi connectivity index (χ2n) is 7.37. The third-order valence-corrected chi connectivity index (χ3v) is 4.56. The number of hydrogen-bond acceptors (Lipinski definition) is 6. The average Bonchev–Trinajstić information content (AvgIpc) is 2.79. The van der Waals surface area contributed by atoms with Gasteiger partial charge < -0.3 is 26.3 Å². The van der Waals surface area contributed by atoms with Crippen molar-refractivity contribution in [2.75, 3.05) is 13.2 Å². The van der Waals surface area contributed by atoms with Crippen molar-refractivity contribution < 1.29 is 23.9 Å². The molecular formula is C24H30N4O5. The van der Waals surface area contributed by atoms with Gasteiger partial charge in [-0.1, -0.05) is 38.3 Å². The Morgan fingerprint density at radius 2 is 1.64 bits per heavy atom. The fourth-order valence-corrected chi connectivity index (χ4v) is 2.86. The van der Waals surface area contributed by atoms with Gasteiger partial charge >= 0.3 is 11.9 Å². The standard InChI is InChI=1S/C24H30N4O5/c1-2-3-4-5-14-27-21(29)16-32-22(30)15-17-6-12-20(13-7-17)33-23(31)18-8-10-19(11-9-18)28-24(25)26/h6-13H,2-5,14-16H2,1H3,(H,27,29)(H4,25,26,28). The van der Waals surface area contributed by atoms with E-state index in [1.807, 2.05) is 0 Å². The molecule has 176 valence electrons. The third kappa shape index (κ3) is 9.86. The molecule has 0 unspecified atom stereocenters. The molecule has 2 rings (SSSR count). The van der Waals surface area contributed by atoms with Gasteiger partial charge in [0.25, 0.3) is 5.91 Å². The highest BCUT2D eigenvalue weighted by Gasteiger charge is 2.11. The highest BCUT2D eigenvalue weighted by atomic mass is 16.5. The fourth-order valence-electron chi connectivity index (χ4n) is 2.86. The van der Waals surface area contributed by atoms with Crippen LogP contribution >= 0.6 is 0 Å². The number of carbonyl (C=O) groups excluding carboxylic acids is 3. The van der Waals surface area contributed by atoms with Crippen molar-refractivity contribution >= 4 is 29.5 Å². The van der Waals surface area contributed by atoms with E-state index in [2.05, 4.69) is 17.2 Å². The minimum atomic E-state index is -0.542. The SMILES string of the molecule is CCCCCCNC(=O)COC(=O)Cc1ccc(OC(=O)c2ccc(N=C(N)N)cc2)cc1. The summed E-state index contributed by atoms with van der Waals surface area (Å²) in [5.74, 6) is -1.11. The van der Waals surface area contributed by atoms with Gasteiger partial charge in [-0.05, 0) is 48.4 Å². The molecule has 0 bridgehead atoms. The molecule has 0 fully saturated rings. The maximum absolute atomic E-state index is 12.3. The molecule has 0 spiro atoms. The van der Waals surface area contributed by atoms with Crippen LogP contribution in [0.25, 0.3) is 0 Å². The molecule has 0 aliphatic carbocycles. The quantitative estimate of drug-likeness (QED) is 0.147. The average molecular weight is 455 g/mol. The topological polar surface area (TPSA) is 146 Å². The summed E-state index contributed by atoms with van der Waals surface area (Å²) < 4.78 is 10.3. The fraction of sp³-hybridized carbons (Fsp3) is 0.333. The third-order valence-electron chi connectivity index (χ3n) is 4.56. The molecule has 0 aliphatic heterocycles. The summed E-state index contributed by atoms with van der Waals surface area (Å²) in [5, 5.41) is 2.73. The first-order valence-electron chi connectivity index (χ1n) is 10.8. The Balaban J connectivity index is 1.75. The van der Waals surface area contributed by atoms with E-state index >= 15 is 0 Å². The summed E-state index contributed by atoms with van der Waals surface area (Å²) in [5.41, 5.74) is 12.2. The molecule has 9 nitrogen and oxygen atoms in total. The largest absolute Gasteiger partial charge is 0.455 e. The summed E-state index contributed by atoms with van der Waals surface area (Å²) in [6.45, 7) is 2.40. The summed E-state index contributed by atoms with van der Waals surface area (Å²) in [6, 6.07) is 12.8. The van der Waals surface area contributed by atoms with Gasteiger partial charge in [0.2, 0.25) is 0 Å². The maximum atomic E-state index is 12.3. The van der Waals surface area contributed by atoms with Crippen molar-refractivity contribution in [3.63, 3.8) is 0 Å². The molecule has 1 amide bonds. The van der Waals surface area contributed by atoms with Crippen LogP contribution in [0.5, 0.6) is 5.75 Å². The predicted molar refractivity (Wildman–Crippen MR) is 125 cm³/mol. The van der Waals surface area contributed by atoms with E-state index in [0.29, 0.717) is 29.1 Å². The van der Waals surface area contributed by atoms with Crippen LogP contribution in [-0.2, 0) is 20.7 Å². The highest BCUT2D eigenvalue weighted by Crippen LogP contribution is 2.17. The van der Waals surface area contributed by atoms with Gasteiger partial charge in [0.1, 0.15) is 5.75 Å². The van der Waals surface area contributed by atoms with Gasteiger partial charge in [-0.3, -0.25) is 9.59 Å². The number of hydrogen-bond donors (Lipinski definition) is 3. The second-order valence-corrected chi connectivity index (χ2v) is 7.37. The van der Waals surface area contributed by atoms with Crippen LogP contribution in [0.2, 0.25) is 0 Å². The maximum Gasteiger partial charge on any atom is 0.343 e. The lowest BCUT2D eigenvalue weighted by molar-refractivity contribution is -0.147. The Bertz CT molecular complexity index is 952. The number of nitrogens with two attached hydrogens (primary N) is 2. The summed E-state index contributed by atoms with van der Waals surface area (Å²) in [7, 11) is 0. The van der Waals surface area contributed by atoms with Crippen molar-refractivity contribution in [2.45, 2.75) is 39.0 Å². The molecule has 9 heteroatoms. The zero-order chi connectivity index (χ0) is 24.1. The van der Waals surface area contributed by atoms with Crippen LogP contribution in [0.15, 0.2) is 53.5 Å². The van der Waals surface area contributed by atoms with E-state index in [1.54, 1.807) is 48.5 Å². The lowest BCUT2D eigenvalue weighted by Gasteiger charge is -2.08. The van der Waals surface area contributed by atoms with Gasteiger partial charge in [-0.25, -0.2) is 9.79 Å². The molecule has 33 heavy (non-hydrogen) atoms. The molecule has 2 aromatic rings. The van der Waals surface area contributed by atoms with E-state index < -0.39 is 11.9 Å². The molecule has 0 radical (unpaired) electrons. The first-order valence-corrected chi connectivity index (χ1v) is 10.8. The molecule has 0 saturated heterocycles. The molecule has 0 aliphatic rings. The number of rotatable bonds is 12. The van der Waals surface area contributed by atoms with E-state index in [4.69, 9.17) is 20.9 Å². The Labute approximate surface area is 193 Å². The van der Waals surface area contributed by atoms with Crippen molar-refractivity contribution in [3.05, 3.63) is 59.7 Å². The van der Waals surface area contributed by atoms with Crippen molar-refractivity contribution in [3.8, 4) is 5.75 Å². The minimum Gasteiger partial charge on any atom is -0.455 e. The molecule has 0 saturated carbocycles. The molecule has 5 N–H and O–H groups in total. The van der Waals surface area contributed by atoms with Gasteiger partial charge in [-0.15, -0.1) is 0 Å². The molecule has 0 atom stereocenters. The number of esters is 2. The Kier molecular flexibility index (Phi) is 10.4. The Hall–Kier alpha value is -3.88. The lowest BCUT2D eigenvalue weighted by Crippen LogP contribution is -2.29. The first-order chi connectivity index (χ1) is 15.9. The number of carbonyl (C=O) groups is 3. The normalized spacial score (nSPS) is 10.2. The molecule has 2 aromatic carbocycles. The zero-order valence-corrected chi connectivity index (χ0v) is 18.7. The monoisotopic (exact) mass is 454 g/mol. The minimum absolute atomic E-state index is 0.00423. The zero-order valence-electron chi connectivity index (χ0n) is 18.7. The predicted octanol–water partition coefficient (Wildman–Crippen LogP) is 2.59. The molecular weight excluding hydrogens is 424 g/mol.